The third kappa shape index (κ3) is 3.98. The van der Waals surface area contributed by atoms with Crippen LogP contribution in [0.25, 0.3) is 0 Å². The van der Waals surface area contributed by atoms with Gasteiger partial charge < -0.3 is 9.67 Å². The van der Waals surface area contributed by atoms with Crippen molar-refractivity contribution in [2.45, 2.75) is 39.0 Å². The van der Waals surface area contributed by atoms with Crippen LogP contribution in [0, 0.1) is 11.7 Å². The molecule has 1 aliphatic rings. The predicted octanol–water partition coefficient (Wildman–Crippen LogP) is 2.47. The number of aryl methyl sites for hydroxylation is 1. The maximum absolute atomic E-state index is 13.3. The van der Waals surface area contributed by atoms with E-state index >= 15 is 0 Å². The minimum absolute atomic E-state index is 0.193. The first-order valence-electron chi connectivity index (χ1n) is 8.30. The first kappa shape index (κ1) is 16.1. The van der Waals surface area contributed by atoms with Crippen molar-refractivity contribution in [3.63, 3.8) is 0 Å². The van der Waals surface area contributed by atoms with E-state index in [1.54, 1.807) is 12.1 Å². The molecule has 1 aromatic carbocycles. The summed E-state index contributed by atoms with van der Waals surface area (Å²) in [6.07, 6.45) is 5.09. The van der Waals surface area contributed by atoms with Crippen molar-refractivity contribution in [3.8, 4) is 0 Å². The second-order valence-electron chi connectivity index (χ2n) is 6.31. The molecule has 1 saturated heterocycles. The summed E-state index contributed by atoms with van der Waals surface area (Å²) in [5.74, 6) is 1.03. The third-order valence-corrected chi connectivity index (χ3v) is 4.70. The molecule has 2 heterocycles. The fourth-order valence-corrected chi connectivity index (χ4v) is 3.37. The summed E-state index contributed by atoms with van der Waals surface area (Å²) < 4.78 is 15.4. The lowest BCUT2D eigenvalue weighted by Crippen LogP contribution is -2.44. The zero-order valence-electron chi connectivity index (χ0n) is 13.5. The van der Waals surface area contributed by atoms with Gasteiger partial charge in [-0.15, -0.1) is 0 Å². The Morgan fingerprint density at radius 2 is 2.26 bits per heavy atom. The molecule has 1 N–H and O–H groups in total. The molecule has 0 amide bonds. The average Bonchev–Trinajstić information content (AvgIpc) is 2.97. The first-order valence-corrected chi connectivity index (χ1v) is 8.30. The fourth-order valence-electron chi connectivity index (χ4n) is 3.37. The second kappa shape index (κ2) is 7.23. The molecule has 0 spiro atoms. The molecule has 23 heavy (non-hydrogen) atoms. The lowest BCUT2D eigenvalue weighted by molar-refractivity contribution is 0.0174. The van der Waals surface area contributed by atoms with E-state index < -0.39 is 0 Å². The fraction of sp³-hybridized carbons (Fsp3) is 0.500. The number of benzene rings is 1. The van der Waals surface area contributed by atoms with Crippen molar-refractivity contribution in [2.24, 2.45) is 5.92 Å². The van der Waals surface area contributed by atoms with E-state index in [1.165, 1.54) is 6.07 Å². The standard InChI is InChI=1S/C18H24FN3O/c1-2-22-9-7-20-18(22)13-21-8-6-15(17(23)12-21)10-14-4-3-5-16(19)11-14/h3-5,7,9,11,15,17,23H,2,6,8,10,12-13H2,1H3/t15-,17+/m1/s1. The lowest BCUT2D eigenvalue weighted by Gasteiger charge is -2.35. The number of aliphatic hydroxyl groups is 1. The zero-order chi connectivity index (χ0) is 16.2. The summed E-state index contributed by atoms with van der Waals surface area (Å²) in [6.45, 7) is 5.37. The van der Waals surface area contributed by atoms with Gasteiger partial charge in [-0.2, -0.15) is 0 Å². The summed E-state index contributed by atoms with van der Waals surface area (Å²) in [5, 5.41) is 10.5. The number of rotatable bonds is 5. The first-order chi connectivity index (χ1) is 11.2. The predicted molar refractivity (Wildman–Crippen MR) is 87.4 cm³/mol. The summed E-state index contributed by atoms with van der Waals surface area (Å²) in [5.41, 5.74) is 0.962. The molecule has 0 aliphatic carbocycles. The van der Waals surface area contributed by atoms with Gasteiger partial charge in [0.1, 0.15) is 11.6 Å². The van der Waals surface area contributed by atoms with Gasteiger partial charge in [-0.3, -0.25) is 4.90 Å². The number of β-amino-alcohol motifs (C(OH)–C–C–N with tert-alkyl or cyclic N) is 1. The molecule has 0 radical (unpaired) electrons. The highest BCUT2D eigenvalue weighted by Gasteiger charge is 2.28. The molecule has 124 valence electrons. The Morgan fingerprint density at radius 1 is 1.39 bits per heavy atom. The van der Waals surface area contributed by atoms with E-state index in [0.717, 1.165) is 43.9 Å². The summed E-state index contributed by atoms with van der Waals surface area (Å²) >= 11 is 0. The van der Waals surface area contributed by atoms with Crippen LogP contribution in [0.3, 0.4) is 0 Å². The van der Waals surface area contributed by atoms with Gasteiger partial charge in [-0.05, 0) is 49.9 Å². The largest absolute Gasteiger partial charge is 0.391 e. The van der Waals surface area contributed by atoms with Gasteiger partial charge in [0, 0.05) is 25.5 Å². The van der Waals surface area contributed by atoms with E-state index in [-0.39, 0.29) is 17.8 Å². The number of aromatic nitrogens is 2. The number of halogens is 1. The molecule has 1 aliphatic heterocycles. The van der Waals surface area contributed by atoms with Gasteiger partial charge in [0.25, 0.3) is 0 Å². The minimum Gasteiger partial charge on any atom is -0.391 e. The van der Waals surface area contributed by atoms with Crippen LogP contribution in [0.5, 0.6) is 0 Å². The van der Waals surface area contributed by atoms with Gasteiger partial charge in [-0.1, -0.05) is 12.1 Å². The molecule has 2 aromatic rings. The van der Waals surface area contributed by atoms with Gasteiger partial charge in [0.15, 0.2) is 0 Å². The van der Waals surface area contributed by atoms with Gasteiger partial charge in [0.2, 0.25) is 0 Å². The zero-order valence-corrected chi connectivity index (χ0v) is 13.5. The Morgan fingerprint density at radius 3 is 3.00 bits per heavy atom. The quantitative estimate of drug-likeness (QED) is 0.921. The van der Waals surface area contributed by atoms with Crippen LogP contribution >= 0.6 is 0 Å². The summed E-state index contributed by atoms with van der Waals surface area (Å²) in [7, 11) is 0. The van der Waals surface area contributed by atoms with Crippen LogP contribution < -0.4 is 0 Å². The van der Waals surface area contributed by atoms with Crippen LogP contribution in [-0.2, 0) is 19.5 Å². The van der Waals surface area contributed by atoms with Crippen LogP contribution in [0.2, 0.25) is 0 Å². The van der Waals surface area contributed by atoms with Crippen LogP contribution in [0.4, 0.5) is 4.39 Å². The molecule has 3 rings (SSSR count). The highest BCUT2D eigenvalue weighted by Crippen LogP contribution is 2.23. The third-order valence-electron chi connectivity index (χ3n) is 4.70. The van der Waals surface area contributed by atoms with Crippen LogP contribution in [-0.4, -0.2) is 38.8 Å². The Balaban J connectivity index is 1.57. The molecule has 2 atom stereocenters. The SMILES string of the molecule is CCn1ccnc1CN1CC[C@H](Cc2cccc(F)c2)[C@@H](O)C1. The number of likely N-dealkylation sites (tertiary alicyclic amines) is 1. The molecule has 4 nitrogen and oxygen atoms in total. The molecular weight excluding hydrogens is 293 g/mol. The number of imidazole rings is 1. The monoisotopic (exact) mass is 317 g/mol. The summed E-state index contributed by atoms with van der Waals surface area (Å²) in [6, 6.07) is 6.69. The smallest absolute Gasteiger partial charge is 0.123 e. The normalized spacial score (nSPS) is 22.4. The molecule has 0 unspecified atom stereocenters. The average molecular weight is 317 g/mol. The van der Waals surface area contributed by atoms with E-state index in [2.05, 4.69) is 21.4 Å². The summed E-state index contributed by atoms with van der Waals surface area (Å²) in [4.78, 5) is 6.65. The van der Waals surface area contributed by atoms with Crippen molar-refractivity contribution in [3.05, 3.63) is 53.9 Å². The molecular formula is C18H24FN3O. The second-order valence-corrected chi connectivity index (χ2v) is 6.31. The number of hydrogen-bond donors (Lipinski definition) is 1. The number of hydrogen-bond acceptors (Lipinski definition) is 3. The van der Waals surface area contributed by atoms with E-state index in [4.69, 9.17) is 0 Å². The highest BCUT2D eigenvalue weighted by atomic mass is 19.1. The van der Waals surface area contributed by atoms with Crippen molar-refractivity contribution in [1.82, 2.24) is 14.5 Å². The van der Waals surface area contributed by atoms with Gasteiger partial charge >= 0.3 is 0 Å². The number of nitrogens with zero attached hydrogens (tertiary/aromatic N) is 3. The Labute approximate surface area is 136 Å². The van der Waals surface area contributed by atoms with E-state index in [0.29, 0.717) is 6.54 Å². The highest BCUT2D eigenvalue weighted by molar-refractivity contribution is 5.17. The molecule has 1 aromatic heterocycles. The van der Waals surface area contributed by atoms with Crippen molar-refractivity contribution < 1.29 is 9.50 Å². The molecule has 5 heteroatoms. The maximum atomic E-state index is 13.3. The van der Waals surface area contributed by atoms with Gasteiger partial charge in [-0.25, -0.2) is 9.37 Å². The van der Waals surface area contributed by atoms with E-state index in [1.807, 2.05) is 18.5 Å². The molecule has 0 bridgehead atoms. The molecule has 1 fully saturated rings. The minimum atomic E-state index is -0.378. The van der Waals surface area contributed by atoms with Crippen molar-refractivity contribution >= 4 is 0 Å². The van der Waals surface area contributed by atoms with Crippen molar-refractivity contribution in [2.75, 3.05) is 13.1 Å². The number of piperidine rings is 1. The lowest BCUT2D eigenvalue weighted by atomic mass is 9.88. The Kier molecular flexibility index (Phi) is 5.08. The maximum Gasteiger partial charge on any atom is 0.123 e. The van der Waals surface area contributed by atoms with Gasteiger partial charge in [0.05, 0.1) is 12.6 Å². The number of aliphatic hydroxyl groups excluding tert-OH is 1. The Hall–Kier alpha value is -1.72. The van der Waals surface area contributed by atoms with Crippen LogP contribution in [0.1, 0.15) is 24.7 Å². The topological polar surface area (TPSA) is 41.3 Å². The Bertz CT molecular complexity index is 643. The van der Waals surface area contributed by atoms with Crippen LogP contribution in [0.15, 0.2) is 36.7 Å². The molecule has 0 saturated carbocycles. The van der Waals surface area contributed by atoms with Crippen molar-refractivity contribution in [1.29, 1.82) is 0 Å². The van der Waals surface area contributed by atoms with E-state index in [9.17, 15) is 9.50 Å².